The smallest absolute Gasteiger partial charge is 0.257 e. The summed E-state index contributed by atoms with van der Waals surface area (Å²) in [5.41, 5.74) is 0.367. The molecule has 114 valence electrons. The Kier molecular flexibility index (Phi) is 3.91. The zero-order chi connectivity index (χ0) is 15.5. The summed E-state index contributed by atoms with van der Waals surface area (Å²) in [6.07, 6.45) is 0.512. The van der Waals surface area contributed by atoms with E-state index in [4.69, 9.17) is 9.47 Å². The number of rotatable bonds is 4. The Morgan fingerprint density at radius 3 is 2.59 bits per heavy atom. The molecule has 3 rings (SSSR count). The number of hydrogen-bond donors (Lipinski definition) is 1. The van der Waals surface area contributed by atoms with Crippen LogP contribution in [0.3, 0.4) is 0 Å². The number of hydrogen-bond acceptors (Lipinski definition) is 3. The Bertz CT molecular complexity index is 698. The summed E-state index contributed by atoms with van der Waals surface area (Å²) in [4.78, 5) is 11.8. The molecule has 6 heteroatoms. The highest BCUT2D eigenvalue weighted by atomic mass is 19.1. The molecule has 0 atom stereocenters. The highest BCUT2D eigenvalue weighted by Gasteiger charge is 2.17. The number of nitrogens with one attached hydrogen (secondary N) is 1. The minimum Gasteiger partial charge on any atom is -0.454 e. The molecule has 2 aromatic rings. The maximum Gasteiger partial charge on any atom is 0.257 e. The molecule has 1 amide bonds. The van der Waals surface area contributed by atoms with E-state index in [2.05, 4.69) is 5.32 Å². The normalized spacial score (nSPS) is 12.3. The van der Waals surface area contributed by atoms with Crippen LogP contribution in [-0.2, 0) is 6.42 Å². The first-order valence-corrected chi connectivity index (χ1v) is 6.76. The molecule has 0 saturated heterocycles. The number of amides is 1. The molecule has 22 heavy (non-hydrogen) atoms. The van der Waals surface area contributed by atoms with Crippen LogP contribution in [0.25, 0.3) is 0 Å². The van der Waals surface area contributed by atoms with Gasteiger partial charge in [-0.05, 0) is 36.2 Å². The van der Waals surface area contributed by atoms with Crippen molar-refractivity contribution in [2.24, 2.45) is 0 Å². The summed E-state index contributed by atoms with van der Waals surface area (Å²) in [5, 5.41) is 2.51. The Hall–Kier alpha value is -2.63. The number of benzene rings is 2. The fourth-order valence-corrected chi connectivity index (χ4v) is 2.22. The second-order valence-electron chi connectivity index (χ2n) is 4.79. The van der Waals surface area contributed by atoms with Crippen LogP contribution in [0.15, 0.2) is 36.4 Å². The Labute approximate surface area is 125 Å². The molecular weight excluding hydrogens is 292 g/mol. The van der Waals surface area contributed by atoms with Crippen LogP contribution < -0.4 is 14.8 Å². The van der Waals surface area contributed by atoms with E-state index in [0.717, 1.165) is 17.7 Å². The van der Waals surface area contributed by atoms with E-state index in [0.29, 0.717) is 17.9 Å². The first-order chi connectivity index (χ1) is 10.6. The zero-order valence-corrected chi connectivity index (χ0v) is 11.6. The van der Waals surface area contributed by atoms with E-state index < -0.39 is 23.1 Å². The van der Waals surface area contributed by atoms with Crippen molar-refractivity contribution in [3.63, 3.8) is 0 Å². The maximum absolute atomic E-state index is 13.5. The van der Waals surface area contributed by atoms with Crippen LogP contribution in [-0.4, -0.2) is 19.2 Å². The van der Waals surface area contributed by atoms with Crippen LogP contribution in [0.1, 0.15) is 15.9 Å². The SMILES string of the molecule is O=C(NCCc1ccc2c(c1)OCO2)c1c(F)cccc1F. The first-order valence-electron chi connectivity index (χ1n) is 6.76. The van der Waals surface area contributed by atoms with Crippen LogP contribution in [0.2, 0.25) is 0 Å². The van der Waals surface area contributed by atoms with Gasteiger partial charge in [-0.15, -0.1) is 0 Å². The van der Waals surface area contributed by atoms with Crippen molar-refractivity contribution in [1.29, 1.82) is 0 Å². The highest BCUT2D eigenvalue weighted by molar-refractivity contribution is 5.94. The molecule has 0 spiro atoms. The lowest BCUT2D eigenvalue weighted by molar-refractivity contribution is 0.0945. The Balaban J connectivity index is 1.60. The van der Waals surface area contributed by atoms with Crippen LogP contribution in [0.4, 0.5) is 8.78 Å². The molecule has 0 unspecified atom stereocenters. The number of halogens is 2. The standard InChI is InChI=1S/C16H13F2NO3/c17-11-2-1-3-12(18)15(11)16(20)19-7-6-10-4-5-13-14(8-10)22-9-21-13/h1-5,8H,6-7,9H2,(H,19,20). The zero-order valence-electron chi connectivity index (χ0n) is 11.6. The minimum atomic E-state index is -0.874. The van der Waals surface area contributed by atoms with Crippen molar-refractivity contribution in [1.82, 2.24) is 5.32 Å². The second kappa shape index (κ2) is 6.01. The molecule has 1 aliphatic heterocycles. The average Bonchev–Trinajstić information content (AvgIpc) is 2.94. The topological polar surface area (TPSA) is 47.6 Å². The monoisotopic (exact) mass is 305 g/mol. The highest BCUT2D eigenvalue weighted by Crippen LogP contribution is 2.32. The minimum absolute atomic E-state index is 0.197. The lowest BCUT2D eigenvalue weighted by atomic mass is 10.1. The Morgan fingerprint density at radius 1 is 1.09 bits per heavy atom. The fourth-order valence-electron chi connectivity index (χ4n) is 2.22. The van der Waals surface area contributed by atoms with Gasteiger partial charge in [-0.25, -0.2) is 8.78 Å². The van der Waals surface area contributed by atoms with Crippen molar-refractivity contribution >= 4 is 5.91 Å². The molecule has 0 bridgehead atoms. The number of fused-ring (bicyclic) bond motifs is 1. The quantitative estimate of drug-likeness (QED) is 0.944. The van der Waals surface area contributed by atoms with Crippen molar-refractivity contribution < 1.29 is 23.0 Å². The van der Waals surface area contributed by atoms with Crippen molar-refractivity contribution in [3.05, 3.63) is 59.2 Å². The van der Waals surface area contributed by atoms with Gasteiger partial charge in [0.15, 0.2) is 11.5 Å². The van der Waals surface area contributed by atoms with Gasteiger partial charge < -0.3 is 14.8 Å². The van der Waals surface area contributed by atoms with Crippen molar-refractivity contribution in [2.75, 3.05) is 13.3 Å². The molecule has 0 saturated carbocycles. The molecule has 1 aliphatic rings. The molecule has 0 aromatic heterocycles. The molecule has 1 heterocycles. The van der Waals surface area contributed by atoms with Crippen LogP contribution >= 0.6 is 0 Å². The van der Waals surface area contributed by atoms with Gasteiger partial charge in [-0.3, -0.25) is 4.79 Å². The largest absolute Gasteiger partial charge is 0.454 e. The molecule has 4 nitrogen and oxygen atoms in total. The van der Waals surface area contributed by atoms with E-state index in [1.165, 1.54) is 6.07 Å². The number of ether oxygens (including phenoxy) is 2. The van der Waals surface area contributed by atoms with Gasteiger partial charge in [0.05, 0.1) is 0 Å². The predicted octanol–water partition coefficient (Wildman–Crippen LogP) is 2.67. The van der Waals surface area contributed by atoms with Gasteiger partial charge in [0.25, 0.3) is 5.91 Å². The molecule has 1 N–H and O–H groups in total. The van der Waals surface area contributed by atoms with E-state index >= 15 is 0 Å². The molecule has 0 aliphatic carbocycles. The summed E-state index contributed by atoms with van der Waals surface area (Å²) in [7, 11) is 0. The van der Waals surface area contributed by atoms with E-state index in [1.54, 1.807) is 6.07 Å². The van der Waals surface area contributed by atoms with E-state index in [1.807, 2.05) is 12.1 Å². The third kappa shape index (κ3) is 2.86. The van der Waals surface area contributed by atoms with Crippen molar-refractivity contribution in [2.45, 2.75) is 6.42 Å². The summed E-state index contributed by atoms with van der Waals surface area (Å²) in [6, 6.07) is 8.78. The third-order valence-corrected chi connectivity index (χ3v) is 3.33. The van der Waals surface area contributed by atoms with Gasteiger partial charge in [-0.1, -0.05) is 12.1 Å². The van der Waals surface area contributed by atoms with Gasteiger partial charge in [0, 0.05) is 6.54 Å². The third-order valence-electron chi connectivity index (χ3n) is 3.33. The van der Waals surface area contributed by atoms with Crippen LogP contribution in [0.5, 0.6) is 11.5 Å². The van der Waals surface area contributed by atoms with Gasteiger partial charge in [0.1, 0.15) is 17.2 Å². The molecule has 0 radical (unpaired) electrons. The summed E-state index contributed by atoms with van der Waals surface area (Å²) in [6.45, 7) is 0.453. The Morgan fingerprint density at radius 2 is 1.82 bits per heavy atom. The maximum atomic E-state index is 13.5. The van der Waals surface area contributed by atoms with Gasteiger partial charge >= 0.3 is 0 Å². The second-order valence-corrected chi connectivity index (χ2v) is 4.79. The molecule has 0 fully saturated rings. The lowest BCUT2D eigenvalue weighted by Crippen LogP contribution is -2.27. The average molecular weight is 305 g/mol. The van der Waals surface area contributed by atoms with Gasteiger partial charge in [0.2, 0.25) is 6.79 Å². The fraction of sp³-hybridized carbons (Fsp3) is 0.188. The first kappa shape index (κ1) is 14.3. The van der Waals surface area contributed by atoms with E-state index in [9.17, 15) is 13.6 Å². The predicted molar refractivity (Wildman–Crippen MR) is 75.0 cm³/mol. The summed E-state index contributed by atoms with van der Waals surface area (Å²) < 4.78 is 37.4. The van der Waals surface area contributed by atoms with Crippen LogP contribution in [0, 0.1) is 11.6 Å². The number of carbonyl (C=O) groups excluding carboxylic acids is 1. The van der Waals surface area contributed by atoms with Gasteiger partial charge in [-0.2, -0.15) is 0 Å². The number of carbonyl (C=O) groups is 1. The summed E-state index contributed by atoms with van der Waals surface area (Å²) >= 11 is 0. The molecular formula is C16H13F2NO3. The summed E-state index contributed by atoms with van der Waals surface area (Å²) in [5.74, 6) is -1.18. The molecule has 2 aromatic carbocycles. The van der Waals surface area contributed by atoms with E-state index in [-0.39, 0.29) is 13.3 Å². The van der Waals surface area contributed by atoms with Crippen molar-refractivity contribution in [3.8, 4) is 11.5 Å². The lowest BCUT2D eigenvalue weighted by Gasteiger charge is -2.07.